The first kappa shape index (κ1) is 33.3. The van der Waals surface area contributed by atoms with Crippen LogP contribution in [0.5, 0.6) is 0 Å². The van der Waals surface area contributed by atoms with Crippen molar-refractivity contribution in [1.29, 1.82) is 0 Å². The van der Waals surface area contributed by atoms with Gasteiger partial charge in [-0.3, -0.25) is 14.1 Å². The molecule has 19 heteroatoms. The highest BCUT2D eigenvalue weighted by atomic mass is 32.2. The van der Waals surface area contributed by atoms with Crippen molar-refractivity contribution in [2.45, 2.75) is 50.8 Å². The molecular weight excluding hydrogens is 547 g/mol. The third-order valence-electron chi connectivity index (χ3n) is 5.27. The third kappa shape index (κ3) is 6.65. The van der Waals surface area contributed by atoms with Crippen LogP contribution in [-0.4, -0.2) is 85.0 Å². The Bertz CT molecular complexity index is 1210. The van der Waals surface area contributed by atoms with Crippen molar-refractivity contribution in [2.24, 2.45) is 0 Å². The highest BCUT2D eigenvalue weighted by molar-refractivity contribution is 7.85. The molecule has 6 radical (unpaired) electrons. The topological polar surface area (TPSA) is 130 Å². The average molecular weight is 566 g/mol. The van der Waals surface area contributed by atoms with Crippen molar-refractivity contribution in [3.8, 4) is 0 Å². The number of carbonyl (C=O) groups excluding carboxylic acids is 3. The van der Waals surface area contributed by atoms with Crippen molar-refractivity contribution < 1.29 is 58.4 Å². The number of benzene rings is 1. The lowest BCUT2D eigenvalue weighted by Crippen LogP contribution is -2.63. The number of ether oxygens (including phenoxy) is 1. The number of amides is 2. The quantitative estimate of drug-likeness (QED) is 0.201. The molecule has 2 N–H and O–H groups in total. The summed E-state index contributed by atoms with van der Waals surface area (Å²) in [5.41, 5.74) is -8.86. The van der Waals surface area contributed by atoms with Crippen molar-refractivity contribution in [3.63, 3.8) is 0 Å². The van der Waals surface area contributed by atoms with E-state index in [1.54, 1.807) is 0 Å². The highest BCUT2D eigenvalue weighted by Gasteiger charge is 2.76. The average Bonchev–Trinajstić information content (AvgIpc) is 2.73. The molecule has 0 aliphatic rings. The van der Waals surface area contributed by atoms with E-state index in [1.807, 2.05) is 0 Å². The normalized spacial score (nSPS) is 12.7. The molecular formula is C19H19B3F6N2O7S. The Hall–Kier alpha value is -2.69. The third-order valence-corrected chi connectivity index (χ3v) is 6.04. The molecule has 1 aromatic rings. The number of alkyl halides is 6. The van der Waals surface area contributed by atoms with E-state index in [4.69, 9.17) is 28.1 Å². The van der Waals surface area contributed by atoms with Crippen LogP contribution in [-0.2, 0) is 43.4 Å². The number of esters is 1. The Balaban J connectivity index is 4.28. The van der Waals surface area contributed by atoms with Crippen molar-refractivity contribution in [1.82, 2.24) is 0 Å². The van der Waals surface area contributed by atoms with E-state index in [1.165, 1.54) is 0 Å². The van der Waals surface area contributed by atoms with Crippen LogP contribution in [0.1, 0.15) is 40.9 Å². The van der Waals surface area contributed by atoms with Crippen LogP contribution < -0.4 is 10.2 Å². The molecule has 0 saturated heterocycles. The van der Waals surface area contributed by atoms with E-state index >= 15 is 0 Å². The molecule has 0 saturated carbocycles. The van der Waals surface area contributed by atoms with Crippen LogP contribution in [0.4, 0.5) is 37.7 Å². The molecule has 204 valence electrons. The van der Waals surface area contributed by atoms with Crippen LogP contribution in [0.2, 0.25) is 0 Å². The van der Waals surface area contributed by atoms with E-state index in [0.29, 0.717) is 0 Å². The summed E-state index contributed by atoms with van der Waals surface area (Å²) in [6, 6.07) is 0. The highest BCUT2D eigenvalue weighted by Crippen LogP contribution is 2.48. The number of rotatable bonds is 9. The molecule has 1 aromatic carbocycles. The Labute approximate surface area is 217 Å². The zero-order valence-electron chi connectivity index (χ0n) is 20.1. The fourth-order valence-electron chi connectivity index (χ4n) is 3.58. The molecule has 0 aliphatic carbocycles. The molecule has 0 aliphatic heterocycles. The van der Waals surface area contributed by atoms with Gasteiger partial charge in [0.25, 0.3) is 10.1 Å². The molecule has 0 heterocycles. The Morgan fingerprint density at radius 2 is 1.37 bits per heavy atom. The fourth-order valence-corrected chi connectivity index (χ4v) is 4.48. The monoisotopic (exact) mass is 566 g/mol. The van der Waals surface area contributed by atoms with Gasteiger partial charge in [0.15, 0.2) is 0 Å². The largest absolute Gasteiger partial charge is 0.438 e. The van der Waals surface area contributed by atoms with E-state index in [9.17, 15) is 49.1 Å². The number of hydrogen-bond donors (Lipinski definition) is 2. The predicted molar refractivity (Wildman–Crippen MR) is 125 cm³/mol. The van der Waals surface area contributed by atoms with Crippen molar-refractivity contribution >= 4 is 62.8 Å². The van der Waals surface area contributed by atoms with Crippen LogP contribution >= 0.6 is 0 Å². The summed E-state index contributed by atoms with van der Waals surface area (Å²) in [6.45, 7) is 1.98. The summed E-state index contributed by atoms with van der Waals surface area (Å²) in [7, 11) is 12.1. The van der Waals surface area contributed by atoms with E-state index in [-0.39, 0.29) is 11.3 Å². The van der Waals surface area contributed by atoms with E-state index in [2.05, 4.69) is 10.1 Å². The van der Waals surface area contributed by atoms with Gasteiger partial charge in [0.05, 0.1) is 34.8 Å². The minimum absolute atomic E-state index is 0.105. The zero-order chi connectivity index (χ0) is 30.0. The first-order valence-electron chi connectivity index (χ1n) is 10.2. The molecule has 0 bridgehead atoms. The molecule has 0 unspecified atom stereocenters. The van der Waals surface area contributed by atoms with E-state index < -0.39 is 92.9 Å². The Morgan fingerprint density at radius 3 is 1.68 bits per heavy atom. The first-order valence-corrected chi connectivity index (χ1v) is 11.9. The van der Waals surface area contributed by atoms with E-state index in [0.717, 1.165) is 25.8 Å². The van der Waals surface area contributed by atoms with Crippen LogP contribution in [0.15, 0.2) is 0 Å². The molecule has 0 atom stereocenters. The second-order valence-corrected chi connectivity index (χ2v) is 9.30. The minimum Gasteiger partial charge on any atom is -0.435 e. The number of nitrogens with zero attached hydrogens (tertiary/aromatic N) is 1. The lowest BCUT2D eigenvalue weighted by molar-refractivity contribution is -0.356. The van der Waals surface area contributed by atoms with Crippen molar-refractivity contribution in [2.75, 3.05) is 23.0 Å². The van der Waals surface area contributed by atoms with Crippen molar-refractivity contribution in [3.05, 3.63) is 22.3 Å². The van der Waals surface area contributed by atoms with Gasteiger partial charge in [0.2, 0.25) is 11.8 Å². The first-order chi connectivity index (χ1) is 17.1. The van der Waals surface area contributed by atoms with Gasteiger partial charge >= 0.3 is 23.9 Å². The standard InChI is InChI=1S/C19H19B3F6N2O7S/c1-8(31)29-14-10(4-20)13(11(5-21)15(12(14)6-22)30(3)9(2)32)16(33)37-17(18(23,24)25,19(26,27)28)7-38(34,35)36/h4-7H2,1-3H3,(H,29,31)(H,34,35,36). The summed E-state index contributed by atoms with van der Waals surface area (Å²) >= 11 is 0. The van der Waals surface area contributed by atoms with Crippen LogP contribution in [0, 0.1) is 0 Å². The van der Waals surface area contributed by atoms with Gasteiger partial charge in [-0.2, -0.15) is 34.8 Å². The van der Waals surface area contributed by atoms with Gasteiger partial charge < -0.3 is 15.0 Å². The zero-order valence-corrected chi connectivity index (χ0v) is 20.9. The van der Waals surface area contributed by atoms with Crippen LogP contribution in [0.3, 0.4) is 0 Å². The maximum atomic E-state index is 13.8. The molecule has 2 amide bonds. The Morgan fingerprint density at radius 1 is 0.921 bits per heavy atom. The number of hydrogen-bond acceptors (Lipinski definition) is 6. The number of nitrogens with one attached hydrogen (secondary N) is 1. The Kier molecular flexibility index (Phi) is 10.2. The molecule has 0 aromatic heterocycles. The molecule has 0 fully saturated rings. The summed E-state index contributed by atoms with van der Waals surface area (Å²) in [6.07, 6.45) is -15.3. The summed E-state index contributed by atoms with van der Waals surface area (Å²) in [4.78, 5) is 37.9. The fraction of sp³-hybridized carbons (Fsp3) is 0.526. The molecule has 1 rings (SSSR count). The SMILES string of the molecule is [B]Cc1c(NC(C)=O)c(C[B])c(N(C)C(C)=O)c(C[B])c1C(=O)OC(CS(=O)(=O)O)(C(F)(F)F)C(F)(F)F. The van der Waals surface area contributed by atoms with Gasteiger partial charge in [0, 0.05) is 26.6 Å². The van der Waals surface area contributed by atoms with Gasteiger partial charge in [-0.05, 0) is 16.7 Å². The minimum atomic E-state index is -6.61. The summed E-state index contributed by atoms with van der Waals surface area (Å²) in [5, 5.41) is 2.22. The number of anilines is 2. The lowest BCUT2D eigenvalue weighted by atomic mass is 9.78. The second-order valence-electron chi connectivity index (χ2n) is 7.84. The molecule has 9 nitrogen and oxygen atoms in total. The van der Waals surface area contributed by atoms with Gasteiger partial charge in [-0.15, -0.1) is 0 Å². The second kappa shape index (κ2) is 11.6. The number of carbonyl (C=O) groups is 3. The summed E-state index contributed by atoms with van der Waals surface area (Å²) in [5.74, 6) is -7.14. The molecule has 0 spiro atoms. The summed E-state index contributed by atoms with van der Waals surface area (Å²) < 4.78 is 118. The maximum absolute atomic E-state index is 13.8. The smallest absolute Gasteiger partial charge is 0.435 e. The van der Waals surface area contributed by atoms with Gasteiger partial charge in [-0.1, -0.05) is 19.0 Å². The maximum Gasteiger partial charge on any atom is 0.438 e. The van der Waals surface area contributed by atoms with Gasteiger partial charge in [-0.25, -0.2) is 4.79 Å². The lowest BCUT2D eigenvalue weighted by Gasteiger charge is -2.36. The predicted octanol–water partition coefficient (Wildman–Crippen LogP) is 1.54. The van der Waals surface area contributed by atoms with Crippen LogP contribution in [0.25, 0.3) is 0 Å². The molecule has 38 heavy (non-hydrogen) atoms. The number of halogens is 6. The van der Waals surface area contributed by atoms with Gasteiger partial charge in [0.1, 0.15) is 5.75 Å².